The van der Waals surface area contributed by atoms with Crippen LogP contribution < -0.4 is 4.74 Å². The number of carboxylic acids is 1. The predicted octanol–water partition coefficient (Wildman–Crippen LogP) is 1.45. The maximum Gasteiger partial charge on any atom is 0.377 e. The van der Waals surface area contributed by atoms with Gasteiger partial charge in [0.2, 0.25) is 0 Å². The fraction of sp³-hybridized carbons (Fsp3) is 0.300. The van der Waals surface area contributed by atoms with Crippen LogP contribution in [0.3, 0.4) is 0 Å². The number of carbonyl (C=O) groups is 1. The Hall–Kier alpha value is -1.69. The molecule has 1 rings (SSSR count). The maximum atomic E-state index is 12.9. The molecule has 0 saturated heterocycles. The van der Waals surface area contributed by atoms with Crippen molar-refractivity contribution in [3.8, 4) is 5.75 Å². The van der Waals surface area contributed by atoms with E-state index in [-0.39, 0.29) is 5.56 Å². The summed E-state index contributed by atoms with van der Waals surface area (Å²) in [5.41, 5.74) is -0.187. The highest BCUT2D eigenvalue weighted by Gasteiger charge is 2.47. The second-order valence-electron chi connectivity index (χ2n) is 3.10. The molecule has 0 spiro atoms. The Bertz CT molecular complexity index is 375. The van der Waals surface area contributed by atoms with Crippen LogP contribution >= 0.6 is 0 Å². The van der Waals surface area contributed by atoms with Crippen LogP contribution in [-0.4, -0.2) is 29.2 Å². The van der Waals surface area contributed by atoms with Gasteiger partial charge in [0, 0.05) is 0 Å². The van der Waals surface area contributed by atoms with Gasteiger partial charge in [-0.05, 0) is 17.7 Å². The van der Waals surface area contributed by atoms with Crippen molar-refractivity contribution in [3.63, 3.8) is 0 Å². The van der Waals surface area contributed by atoms with Gasteiger partial charge in [-0.3, -0.25) is 0 Å². The molecule has 2 N–H and O–H groups in total. The van der Waals surface area contributed by atoms with Crippen LogP contribution in [0.15, 0.2) is 24.3 Å². The Morgan fingerprint density at radius 1 is 1.38 bits per heavy atom. The number of benzene rings is 1. The van der Waals surface area contributed by atoms with E-state index in [0.717, 1.165) is 0 Å². The summed E-state index contributed by atoms with van der Waals surface area (Å²) in [6.45, 7) is 0. The third-order valence-electron chi connectivity index (χ3n) is 2.06. The molecule has 0 saturated carbocycles. The van der Waals surface area contributed by atoms with E-state index in [4.69, 9.17) is 9.84 Å². The first kappa shape index (κ1) is 12.4. The number of rotatable bonds is 4. The molecule has 0 heterocycles. The van der Waals surface area contributed by atoms with Gasteiger partial charge in [0.05, 0.1) is 7.11 Å². The Labute approximate surface area is 90.1 Å². The Balaban J connectivity index is 2.96. The zero-order chi connectivity index (χ0) is 12.3. The van der Waals surface area contributed by atoms with Gasteiger partial charge in [-0.25, -0.2) is 4.79 Å². The first-order chi connectivity index (χ1) is 7.39. The molecule has 16 heavy (non-hydrogen) atoms. The molecule has 0 bridgehead atoms. The van der Waals surface area contributed by atoms with Crippen LogP contribution in [0, 0.1) is 0 Å². The SMILES string of the molecule is COc1ccc(C(O)C(F)(F)C(=O)O)cc1. The number of aliphatic hydroxyl groups is 1. The molecule has 0 aliphatic rings. The van der Waals surface area contributed by atoms with E-state index < -0.39 is 18.0 Å². The minimum Gasteiger partial charge on any atom is -0.497 e. The second-order valence-corrected chi connectivity index (χ2v) is 3.10. The molecular weight excluding hydrogens is 222 g/mol. The molecule has 0 amide bonds. The first-order valence-corrected chi connectivity index (χ1v) is 4.32. The highest BCUT2D eigenvalue weighted by atomic mass is 19.3. The standard InChI is InChI=1S/C10H10F2O4/c1-16-7-4-2-6(3-5-7)8(13)10(11,12)9(14)15/h2-5,8,13H,1H3,(H,14,15). The molecule has 0 aliphatic carbocycles. The van der Waals surface area contributed by atoms with E-state index in [9.17, 15) is 18.7 Å². The van der Waals surface area contributed by atoms with E-state index in [2.05, 4.69) is 0 Å². The molecule has 0 aromatic heterocycles. The van der Waals surface area contributed by atoms with Gasteiger partial charge in [0.1, 0.15) is 5.75 Å². The maximum absolute atomic E-state index is 12.9. The van der Waals surface area contributed by atoms with Gasteiger partial charge >= 0.3 is 11.9 Å². The molecule has 1 atom stereocenters. The third-order valence-corrected chi connectivity index (χ3v) is 2.06. The summed E-state index contributed by atoms with van der Waals surface area (Å²) in [7, 11) is 1.40. The van der Waals surface area contributed by atoms with E-state index in [1.165, 1.54) is 31.4 Å². The molecule has 1 aromatic rings. The van der Waals surface area contributed by atoms with Gasteiger partial charge in [0.15, 0.2) is 6.10 Å². The molecule has 0 radical (unpaired) electrons. The van der Waals surface area contributed by atoms with Crippen molar-refractivity contribution in [1.82, 2.24) is 0 Å². The van der Waals surface area contributed by atoms with Gasteiger partial charge in [-0.2, -0.15) is 8.78 Å². The molecule has 1 aromatic carbocycles. The smallest absolute Gasteiger partial charge is 0.377 e. The van der Waals surface area contributed by atoms with E-state index in [1.54, 1.807) is 0 Å². The average Bonchev–Trinajstić information content (AvgIpc) is 2.28. The lowest BCUT2D eigenvalue weighted by atomic mass is 10.0. The summed E-state index contributed by atoms with van der Waals surface area (Å²) in [6, 6.07) is 5.08. The van der Waals surface area contributed by atoms with E-state index in [1.807, 2.05) is 0 Å². The number of methoxy groups -OCH3 is 1. The number of aliphatic hydroxyl groups excluding tert-OH is 1. The number of hydrogen-bond donors (Lipinski definition) is 2. The molecule has 88 valence electrons. The fourth-order valence-corrected chi connectivity index (χ4v) is 1.11. The lowest BCUT2D eigenvalue weighted by molar-refractivity contribution is -0.182. The zero-order valence-electron chi connectivity index (χ0n) is 8.35. The number of hydrogen-bond acceptors (Lipinski definition) is 3. The third kappa shape index (κ3) is 2.27. The van der Waals surface area contributed by atoms with Crippen molar-refractivity contribution in [2.24, 2.45) is 0 Å². The largest absolute Gasteiger partial charge is 0.497 e. The van der Waals surface area contributed by atoms with Crippen molar-refractivity contribution in [3.05, 3.63) is 29.8 Å². The Morgan fingerprint density at radius 2 is 1.88 bits per heavy atom. The van der Waals surface area contributed by atoms with Crippen molar-refractivity contribution in [2.75, 3.05) is 7.11 Å². The summed E-state index contributed by atoms with van der Waals surface area (Å²) >= 11 is 0. The summed E-state index contributed by atoms with van der Waals surface area (Å²) in [5, 5.41) is 17.4. The Morgan fingerprint density at radius 3 is 2.25 bits per heavy atom. The molecule has 6 heteroatoms. The molecule has 4 nitrogen and oxygen atoms in total. The van der Waals surface area contributed by atoms with Crippen LogP contribution in [0.4, 0.5) is 8.78 Å². The van der Waals surface area contributed by atoms with E-state index >= 15 is 0 Å². The highest BCUT2D eigenvalue weighted by Crippen LogP contribution is 2.32. The summed E-state index contributed by atoms with van der Waals surface area (Å²) in [5.74, 6) is -6.15. The lowest BCUT2D eigenvalue weighted by Gasteiger charge is -2.18. The molecule has 0 aliphatic heterocycles. The van der Waals surface area contributed by atoms with Crippen molar-refractivity contribution < 1.29 is 28.5 Å². The second kappa shape index (κ2) is 4.44. The number of ether oxygens (including phenoxy) is 1. The minimum absolute atomic E-state index is 0.187. The molecule has 0 fully saturated rings. The zero-order valence-corrected chi connectivity index (χ0v) is 8.35. The van der Waals surface area contributed by atoms with Gasteiger partial charge in [0.25, 0.3) is 0 Å². The van der Waals surface area contributed by atoms with Gasteiger partial charge < -0.3 is 14.9 Å². The predicted molar refractivity (Wildman–Crippen MR) is 50.5 cm³/mol. The van der Waals surface area contributed by atoms with Crippen molar-refractivity contribution >= 4 is 5.97 Å². The topological polar surface area (TPSA) is 66.8 Å². The summed E-state index contributed by atoms with van der Waals surface area (Å²) in [4.78, 5) is 10.2. The van der Waals surface area contributed by atoms with Gasteiger partial charge in [-0.1, -0.05) is 12.1 Å². The number of carboxylic acid groups (broad SMARTS) is 1. The fourth-order valence-electron chi connectivity index (χ4n) is 1.11. The van der Waals surface area contributed by atoms with Crippen LogP contribution in [0.25, 0.3) is 0 Å². The van der Waals surface area contributed by atoms with Crippen LogP contribution in [0.1, 0.15) is 11.7 Å². The molecule has 1 unspecified atom stereocenters. The quantitative estimate of drug-likeness (QED) is 0.824. The van der Waals surface area contributed by atoms with Crippen LogP contribution in [-0.2, 0) is 4.79 Å². The van der Waals surface area contributed by atoms with Crippen molar-refractivity contribution in [1.29, 1.82) is 0 Å². The van der Waals surface area contributed by atoms with Gasteiger partial charge in [-0.15, -0.1) is 0 Å². The number of alkyl halides is 2. The monoisotopic (exact) mass is 232 g/mol. The normalized spacial score (nSPS) is 13.2. The van der Waals surface area contributed by atoms with Crippen LogP contribution in [0.5, 0.6) is 5.75 Å². The summed E-state index contributed by atoms with van der Waals surface area (Å²) in [6.07, 6.45) is -2.38. The minimum atomic E-state index is -4.21. The highest BCUT2D eigenvalue weighted by molar-refractivity contribution is 5.76. The Kier molecular flexibility index (Phi) is 3.44. The van der Waals surface area contributed by atoms with Crippen LogP contribution in [0.2, 0.25) is 0 Å². The van der Waals surface area contributed by atoms with E-state index in [0.29, 0.717) is 5.75 Å². The average molecular weight is 232 g/mol. The first-order valence-electron chi connectivity index (χ1n) is 4.32. The lowest BCUT2D eigenvalue weighted by Crippen LogP contribution is -2.35. The number of halogens is 2. The summed E-state index contributed by atoms with van der Waals surface area (Å²) < 4.78 is 30.7. The number of aliphatic carboxylic acids is 1. The van der Waals surface area contributed by atoms with Crippen molar-refractivity contribution in [2.45, 2.75) is 12.0 Å². The molecular formula is C10H10F2O4.